The number of pyridine rings is 3. The predicted octanol–water partition coefficient (Wildman–Crippen LogP) is 4.47. The lowest BCUT2D eigenvalue weighted by atomic mass is 10.3. The minimum absolute atomic E-state index is 0.329. The first-order valence-electron chi connectivity index (χ1n) is 7.84. The van der Waals surface area contributed by atoms with Crippen LogP contribution in [0.4, 0.5) is 5.82 Å². The summed E-state index contributed by atoms with van der Waals surface area (Å²) >= 11 is 5.79. The zero-order valence-corrected chi connectivity index (χ0v) is 15.5. The number of hydrogen-bond donors (Lipinski definition) is 1. The Morgan fingerprint density at radius 1 is 1.04 bits per heavy atom. The van der Waals surface area contributed by atoms with Gasteiger partial charge in [0.05, 0.1) is 11.2 Å². The maximum atomic E-state index is 10.7. The van der Waals surface area contributed by atoms with Crippen LogP contribution in [0.25, 0.3) is 0 Å². The molecule has 0 fully saturated rings. The number of hydrogen-bond acceptors (Lipinski definition) is 6. The van der Waals surface area contributed by atoms with E-state index in [9.17, 15) is 4.79 Å². The van der Waals surface area contributed by atoms with Crippen LogP contribution in [0.1, 0.15) is 21.9 Å². The van der Waals surface area contributed by atoms with Gasteiger partial charge in [-0.2, -0.15) is 0 Å². The fourth-order valence-corrected chi connectivity index (χ4v) is 2.21. The van der Waals surface area contributed by atoms with Crippen molar-refractivity contribution in [2.24, 2.45) is 0 Å². The van der Waals surface area contributed by atoms with Gasteiger partial charge in [0, 0.05) is 42.8 Å². The Morgan fingerprint density at radius 2 is 1.85 bits per heavy atom. The largest absolute Gasteiger partial charge is 0.456 e. The molecule has 7 heteroatoms. The number of rotatable bonds is 4. The molecule has 0 atom stereocenters. The van der Waals surface area contributed by atoms with Gasteiger partial charge in [0.15, 0.2) is 6.29 Å². The van der Waals surface area contributed by atoms with Gasteiger partial charge in [-0.3, -0.25) is 14.8 Å². The van der Waals surface area contributed by atoms with Gasteiger partial charge < -0.3 is 10.1 Å². The number of carbonyl (C=O) groups excluding carboxylic acids is 1. The van der Waals surface area contributed by atoms with Gasteiger partial charge in [-0.25, -0.2) is 4.98 Å². The van der Waals surface area contributed by atoms with Crippen LogP contribution >= 0.6 is 11.6 Å². The van der Waals surface area contributed by atoms with Gasteiger partial charge >= 0.3 is 0 Å². The lowest BCUT2D eigenvalue weighted by molar-refractivity contribution is 0.111. The van der Waals surface area contributed by atoms with E-state index in [-0.39, 0.29) is 0 Å². The quantitative estimate of drug-likeness (QED) is 0.682. The van der Waals surface area contributed by atoms with Crippen molar-refractivity contribution in [1.29, 1.82) is 0 Å². The van der Waals surface area contributed by atoms with Crippen molar-refractivity contribution in [3.8, 4) is 11.5 Å². The van der Waals surface area contributed by atoms with Crippen LogP contribution in [0.5, 0.6) is 11.5 Å². The molecule has 3 aromatic heterocycles. The van der Waals surface area contributed by atoms with E-state index in [1.807, 2.05) is 32.2 Å². The molecule has 0 bridgehead atoms. The third kappa shape index (κ3) is 6.14. The van der Waals surface area contributed by atoms with E-state index in [0.29, 0.717) is 34.2 Å². The number of anilines is 1. The summed E-state index contributed by atoms with van der Waals surface area (Å²) in [5.41, 5.74) is 2.08. The molecule has 134 valence electrons. The molecule has 3 rings (SSSR count). The summed E-state index contributed by atoms with van der Waals surface area (Å²) in [7, 11) is 1.86. The van der Waals surface area contributed by atoms with Crippen molar-refractivity contribution in [3.63, 3.8) is 0 Å². The number of aryl methyl sites for hydroxylation is 2. The molecule has 0 aromatic carbocycles. The number of nitrogens with zero attached hydrogens (tertiary/aromatic N) is 3. The molecule has 0 saturated heterocycles. The fraction of sp³-hybridized carbons (Fsp3) is 0.158. The number of halogens is 1. The maximum Gasteiger partial charge on any atom is 0.168 e. The van der Waals surface area contributed by atoms with Gasteiger partial charge in [-0.1, -0.05) is 17.7 Å². The van der Waals surface area contributed by atoms with Gasteiger partial charge in [0.1, 0.15) is 23.0 Å². The van der Waals surface area contributed by atoms with Crippen LogP contribution in [-0.4, -0.2) is 28.3 Å². The molecule has 0 radical (unpaired) electrons. The smallest absolute Gasteiger partial charge is 0.168 e. The molecule has 0 aliphatic heterocycles. The van der Waals surface area contributed by atoms with Crippen LogP contribution in [-0.2, 0) is 0 Å². The highest BCUT2D eigenvalue weighted by Crippen LogP contribution is 2.23. The fourth-order valence-electron chi connectivity index (χ4n) is 2.05. The van der Waals surface area contributed by atoms with Crippen molar-refractivity contribution in [2.75, 3.05) is 12.4 Å². The van der Waals surface area contributed by atoms with E-state index in [1.54, 1.807) is 31.3 Å². The lowest BCUT2D eigenvalue weighted by Gasteiger charge is -2.06. The van der Waals surface area contributed by atoms with Crippen LogP contribution in [0, 0.1) is 13.8 Å². The molecule has 0 amide bonds. The summed E-state index contributed by atoms with van der Waals surface area (Å²) in [6.07, 6.45) is 3.74. The summed E-state index contributed by atoms with van der Waals surface area (Å²) in [5, 5.41) is 3.45. The minimum atomic E-state index is 0.329. The molecule has 3 heterocycles. The summed E-state index contributed by atoms with van der Waals surface area (Å²) < 4.78 is 5.54. The Bertz CT molecular complexity index is 887. The van der Waals surface area contributed by atoms with E-state index in [1.165, 1.54) is 6.20 Å². The Kier molecular flexibility index (Phi) is 7.05. The molecule has 0 spiro atoms. The third-order valence-electron chi connectivity index (χ3n) is 3.13. The standard InChI is InChI=1S/C12H9ClN2O2.C7H10N2/c1-8-2-11(4-10(7-16)15-8)17-12-3-9(13)5-14-6-12;1-6-4-3-5-7(8-2)9-6/h2-7H,1H3;3-5H,1-2H3,(H,8,9). The molecule has 0 saturated carbocycles. The lowest BCUT2D eigenvalue weighted by Crippen LogP contribution is -1.93. The van der Waals surface area contributed by atoms with E-state index < -0.39 is 0 Å². The molecule has 0 unspecified atom stereocenters. The molecule has 6 nitrogen and oxygen atoms in total. The Labute approximate surface area is 157 Å². The first kappa shape index (κ1) is 19.3. The molecule has 0 aliphatic rings. The molecule has 1 N–H and O–H groups in total. The molecular formula is C19H19ClN4O2. The van der Waals surface area contributed by atoms with Crippen molar-refractivity contribution in [1.82, 2.24) is 15.0 Å². The highest BCUT2D eigenvalue weighted by Gasteiger charge is 2.03. The van der Waals surface area contributed by atoms with Gasteiger partial charge in [-0.05, 0) is 26.0 Å². The maximum absolute atomic E-state index is 10.7. The highest BCUT2D eigenvalue weighted by molar-refractivity contribution is 6.30. The summed E-state index contributed by atoms with van der Waals surface area (Å²) in [6, 6.07) is 10.8. The minimum Gasteiger partial charge on any atom is -0.456 e. The first-order valence-corrected chi connectivity index (χ1v) is 8.21. The number of ether oxygens (including phenoxy) is 1. The number of aldehydes is 1. The predicted molar refractivity (Wildman–Crippen MR) is 102 cm³/mol. The SMILES string of the molecule is CNc1cccc(C)n1.Cc1cc(Oc2cncc(Cl)c2)cc(C=O)n1. The highest BCUT2D eigenvalue weighted by atomic mass is 35.5. The Hall–Kier alpha value is -2.99. The van der Waals surface area contributed by atoms with Gasteiger partial charge in [0.25, 0.3) is 0 Å². The second kappa shape index (κ2) is 9.48. The zero-order valence-electron chi connectivity index (χ0n) is 14.7. The van der Waals surface area contributed by atoms with E-state index in [2.05, 4.69) is 20.3 Å². The first-order chi connectivity index (χ1) is 12.5. The number of aromatic nitrogens is 3. The summed E-state index contributed by atoms with van der Waals surface area (Å²) in [6.45, 7) is 3.76. The van der Waals surface area contributed by atoms with Crippen molar-refractivity contribution < 1.29 is 9.53 Å². The second-order valence-corrected chi connectivity index (χ2v) is 5.78. The number of carbonyl (C=O) groups is 1. The Balaban J connectivity index is 0.000000228. The van der Waals surface area contributed by atoms with Crippen molar-refractivity contribution in [2.45, 2.75) is 13.8 Å². The van der Waals surface area contributed by atoms with Crippen LogP contribution in [0.3, 0.4) is 0 Å². The topological polar surface area (TPSA) is 77.0 Å². The van der Waals surface area contributed by atoms with Crippen LogP contribution in [0.15, 0.2) is 48.8 Å². The van der Waals surface area contributed by atoms with E-state index in [0.717, 1.165) is 11.5 Å². The van der Waals surface area contributed by atoms with Crippen molar-refractivity contribution >= 4 is 23.7 Å². The average molecular weight is 371 g/mol. The van der Waals surface area contributed by atoms with Gasteiger partial charge in [-0.15, -0.1) is 0 Å². The molecule has 0 aliphatic carbocycles. The van der Waals surface area contributed by atoms with Crippen molar-refractivity contribution in [3.05, 3.63) is 70.9 Å². The van der Waals surface area contributed by atoms with E-state index in [4.69, 9.17) is 16.3 Å². The third-order valence-corrected chi connectivity index (χ3v) is 3.33. The second-order valence-electron chi connectivity index (χ2n) is 5.34. The Morgan fingerprint density at radius 3 is 2.46 bits per heavy atom. The molecular weight excluding hydrogens is 352 g/mol. The summed E-state index contributed by atoms with van der Waals surface area (Å²) in [5.74, 6) is 1.97. The number of nitrogens with one attached hydrogen (secondary N) is 1. The molecule has 3 aromatic rings. The monoisotopic (exact) mass is 370 g/mol. The average Bonchev–Trinajstić information content (AvgIpc) is 2.61. The normalized spacial score (nSPS) is 9.69. The van der Waals surface area contributed by atoms with Crippen LogP contribution in [0.2, 0.25) is 5.02 Å². The van der Waals surface area contributed by atoms with Crippen LogP contribution < -0.4 is 10.1 Å². The zero-order chi connectivity index (χ0) is 18.9. The van der Waals surface area contributed by atoms with E-state index >= 15 is 0 Å². The van der Waals surface area contributed by atoms with Gasteiger partial charge in [0.2, 0.25) is 0 Å². The molecule has 26 heavy (non-hydrogen) atoms. The summed E-state index contributed by atoms with van der Waals surface area (Å²) in [4.78, 5) is 22.8.